The molecule has 1 aliphatic rings. The zero-order valence-electron chi connectivity index (χ0n) is 12.2. The van der Waals surface area contributed by atoms with E-state index in [0.717, 1.165) is 4.90 Å². The number of para-hydroxylation sites is 2. The first-order valence-electron chi connectivity index (χ1n) is 6.96. The van der Waals surface area contributed by atoms with Gasteiger partial charge in [-0.1, -0.05) is 12.1 Å². The standard InChI is InChI=1S/C15H17NO5S/c1-2-21-11-6-4-3-5-10(11)16-13(17)9-12(15(16)20)22-8-7-14(18)19/h3-6,12H,2,7-9H2,1H3,(H,18,19). The number of carboxylic acids is 1. The number of benzene rings is 1. The van der Waals surface area contributed by atoms with Crippen LogP contribution in [0.1, 0.15) is 19.8 Å². The summed E-state index contributed by atoms with van der Waals surface area (Å²) in [5.74, 6) is -0.719. The van der Waals surface area contributed by atoms with Crippen molar-refractivity contribution in [3.63, 3.8) is 0 Å². The van der Waals surface area contributed by atoms with Crippen LogP contribution in [0.25, 0.3) is 0 Å². The molecule has 0 bridgehead atoms. The third kappa shape index (κ3) is 3.59. The van der Waals surface area contributed by atoms with Crippen LogP contribution in [-0.2, 0) is 14.4 Å². The average Bonchev–Trinajstić information content (AvgIpc) is 2.74. The van der Waals surface area contributed by atoms with Crippen LogP contribution in [0, 0.1) is 0 Å². The van der Waals surface area contributed by atoms with E-state index in [0.29, 0.717) is 23.8 Å². The van der Waals surface area contributed by atoms with E-state index in [1.807, 2.05) is 6.92 Å². The molecule has 1 atom stereocenters. The summed E-state index contributed by atoms with van der Waals surface area (Å²) in [6.45, 7) is 2.26. The second-order valence-corrected chi connectivity index (χ2v) is 5.99. The summed E-state index contributed by atoms with van der Waals surface area (Å²) in [4.78, 5) is 36.3. The second-order valence-electron chi connectivity index (χ2n) is 4.68. The maximum absolute atomic E-state index is 12.4. The van der Waals surface area contributed by atoms with E-state index in [4.69, 9.17) is 9.84 Å². The Hall–Kier alpha value is -2.02. The Morgan fingerprint density at radius 1 is 1.41 bits per heavy atom. The Bertz CT molecular complexity index is 589. The number of aliphatic carboxylic acids is 1. The van der Waals surface area contributed by atoms with Crippen molar-refractivity contribution in [3.8, 4) is 5.75 Å². The van der Waals surface area contributed by atoms with E-state index in [-0.39, 0.29) is 24.7 Å². The van der Waals surface area contributed by atoms with Crippen molar-refractivity contribution in [2.24, 2.45) is 0 Å². The number of carbonyl (C=O) groups is 3. The quantitative estimate of drug-likeness (QED) is 0.772. The molecule has 22 heavy (non-hydrogen) atoms. The molecule has 0 aliphatic carbocycles. The Balaban J connectivity index is 2.13. The number of carbonyl (C=O) groups excluding carboxylic acids is 2. The van der Waals surface area contributed by atoms with Gasteiger partial charge in [-0.15, -0.1) is 11.8 Å². The number of thioether (sulfide) groups is 1. The third-order valence-corrected chi connectivity index (χ3v) is 4.36. The molecule has 0 aromatic heterocycles. The highest BCUT2D eigenvalue weighted by atomic mass is 32.2. The number of rotatable bonds is 7. The third-order valence-electron chi connectivity index (χ3n) is 3.15. The largest absolute Gasteiger partial charge is 0.492 e. The number of imide groups is 1. The normalized spacial score (nSPS) is 17.9. The minimum atomic E-state index is -0.914. The van der Waals surface area contributed by atoms with E-state index in [1.165, 1.54) is 11.8 Å². The highest BCUT2D eigenvalue weighted by Crippen LogP contribution is 2.35. The van der Waals surface area contributed by atoms with Crippen molar-refractivity contribution in [2.45, 2.75) is 25.0 Å². The van der Waals surface area contributed by atoms with E-state index in [9.17, 15) is 14.4 Å². The molecule has 6 nitrogen and oxygen atoms in total. The summed E-state index contributed by atoms with van der Waals surface area (Å²) in [6, 6.07) is 6.90. The molecule has 1 unspecified atom stereocenters. The van der Waals surface area contributed by atoms with E-state index >= 15 is 0 Å². The van der Waals surface area contributed by atoms with Gasteiger partial charge in [-0.25, -0.2) is 4.90 Å². The molecule has 118 valence electrons. The summed E-state index contributed by atoms with van der Waals surface area (Å²) in [7, 11) is 0. The Labute approximate surface area is 132 Å². The van der Waals surface area contributed by atoms with Crippen LogP contribution < -0.4 is 9.64 Å². The lowest BCUT2D eigenvalue weighted by Crippen LogP contribution is -2.31. The molecule has 1 aliphatic heterocycles. The van der Waals surface area contributed by atoms with Gasteiger partial charge in [0.1, 0.15) is 5.75 Å². The summed E-state index contributed by atoms with van der Waals surface area (Å²) >= 11 is 1.21. The van der Waals surface area contributed by atoms with Crippen molar-refractivity contribution in [1.29, 1.82) is 0 Å². The first-order valence-corrected chi connectivity index (χ1v) is 8.01. The summed E-state index contributed by atoms with van der Waals surface area (Å²) in [6.07, 6.45) is 0.0573. The van der Waals surface area contributed by atoms with Crippen molar-refractivity contribution in [2.75, 3.05) is 17.3 Å². The van der Waals surface area contributed by atoms with Crippen LogP contribution >= 0.6 is 11.8 Å². The highest BCUT2D eigenvalue weighted by molar-refractivity contribution is 8.00. The maximum atomic E-state index is 12.4. The molecule has 0 saturated carbocycles. The van der Waals surface area contributed by atoms with Gasteiger partial charge in [0, 0.05) is 12.2 Å². The van der Waals surface area contributed by atoms with Crippen molar-refractivity contribution < 1.29 is 24.2 Å². The minimum absolute atomic E-state index is 0.0296. The fourth-order valence-corrected chi connectivity index (χ4v) is 3.28. The molecule has 1 fully saturated rings. The van der Waals surface area contributed by atoms with Gasteiger partial charge in [-0.05, 0) is 19.1 Å². The number of ether oxygens (including phenoxy) is 1. The smallest absolute Gasteiger partial charge is 0.304 e. The molecule has 0 spiro atoms. The van der Waals surface area contributed by atoms with Gasteiger partial charge in [0.05, 0.1) is 24.0 Å². The predicted octanol–water partition coefficient (Wildman–Crippen LogP) is 1.93. The maximum Gasteiger partial charge on any atom is 0.304 e. The van der Waals surface area contributed by atoms with Gasteiger partial charge >= 0.3 is 5.97 Å². The zero-order chi connectivity index (χ0) is 16.1. The first-order chi connectivity index (χ1) is 10.5. The van der Waals surface area contributed by atoms with Crippen LogP contribution in [0.15, 0.2) is 24.3 Å². The number of amides is 2. The molecular weight excluding hydrogens is 306 g/mol. The number of anilines is 1. The number of hydrogen-bond donors (Lipinski definition) is 1. The van der Waals surface area contributed by atoms with Gasteiger partial charge in [0.15, 0.2) is 0 Å². The van der Waals surface area contributed by atoms with Gasteiger partial charge < -0.3 is 9.84 Å². The summed E-state index contributed by atoms with van der Waals surface area (Å²) in [5, 5.41) is 8.11. The van der Waals surface area contributed by atoms with Gasteiger partial charge in [0.2, 0.25) is 11.8 Å². The van der Waals surface area contributed by atoms with Crippen LogP contribution in [0.2, 0.25) is 0 Å². The minimum Gasteiger partial charge on any atom is -0.492 e. The molecule has 2 rings (SSSR count). The van der Waals surface area contributed by atoms with Gasteiger partial charge in [-0.2, -0.15) is 0 Å². The molecule has 1 aromatic rings. The zero-order valence-corrected chi connectivity index (χ0v) is 13.0. The van der Waals surface area contributed by atoms with Crippen LogP contribution in [0.5, 0.6) is 5.75 Å². The van der Waals surface area contributed by atoms with Crippen molar-refractivity contribution in [1.82, 2.24) is 0 Å². The average molecular weight is 323 g/mol. The molecule has 0 radical (unpaired) electrons. The van der Waals surface area contributed by atoms with E-state index in [1.54, 1.807) is 24.3 Å². The van der Waals surface area contributed by atoms with Crippen LogP contribution in [0.4, 0.5) is 5.69 Å². The SMILES string of the molecule is CCOc1ccccc1N1C(=O)CC(SCCC(=O)O)C1=O. The lowest BCUT2D eigenvalue weighted by Gasteiger charge is -2.18. The summed E-state index contributed by atoms with van der Waals surface area (Å²) < 4.78 is 5.46. The topological polar surface area (TPSA) is 83.9 Å². The number of hydrogen-bond acceptors (Lipinski definition) is 5. The molecule has 1 saturated heterocycles. The molecule has 2 amide bonds. The van der Waals surface area contributed by atoms with E-state index in [2.05, 4.69) is 0 Å². The first kappa shape index (κ1) is 16.4. The fourth-order valence-electron chi connectivity index (χ4n) is 2.20. The van der Waals surface area contributed by atoms with Crippen LogP contribution in [0.3, 0.4) is 0 Å². The van der Waals surface area contributed by atoms with Gasteiger partial charge in [0.25, 0.3) is 0 Å². The Morgan fingerprint density at radius 2 is 2.14 bits per heavy atom. The molecule has 1 heterocycles. The Kier molecular flexibility index (Phi) is 5.43. The Morgan fingerprint density at radius 3 is 2.82 bits per heavy atom. The lowest BCUT2D eigenvalue weighted by atomic mass is 10.2. The molecule has 1 N–H and O–H groups in total. The molecular formula is C15H17NO5S. The monoisotopic (exact) mass is 323 g/mol. The second kappa shape index (κ2) is 7.31. The molecule has 1 aromatic carbocycles. The van der Waals surface area contributed by atoms with Gasteiger partial charge in [-0.3, -0.25) is 14.4 Å². The highest BCUT2D eigenvalue weighted by Gasteiger charge is 2.40. The van der Waals surface area contributed by atoms with Crippen molar-refractivity contribution >= 4 is 35.2 Å². The number of nitrogens with zero attached hydrogens (tertiary/aromatic N) is 1. The van der Waals surface area contributed by atoms with E-state index < -0.39 is 11.2 Å². The van der Waals surface area contributed by atoms with Crippen LogP contribution in [-0.4, -0.2) is 40.5 Å². The number of carboxylic acid groups (broad SMARTS) is 1. The lowest BCUT2D eigenvalue weighted by molar-refractivity contribution is -0.136. The molecule has 7 heteroatoms. The fraction of sp³-hybridized carbons (Fsp3) is 0.400. The summed E-state index contributed by atoms with van der Waals surface area (Å²) in [5.41, 5.74) is 0.445. The van der Waals surface area contributed by atoms with Crippen molar-refractivity contribution in [3.05, 3.63) is 24.3 Å². The predicted molar refractivity (Wildman–Crippen MR) is 83.2 cm³/mol.